The van der Waals surface area contributed by atoms with Gasteiger partial charge in [-0.1, -0.05) is 29.3 Å². The first-order valence-electron chi connectivity index (χ1n) is 7.09. The summed E-state index contributed by atoms with van der Waals surface area (Å²) < 4.78 is 18.7. The van der Waals surface area contributed by atoms with Gasteiger partial charge < -0.3 is 10.1 Å². The van der Waals surface area contributed by atoms with Crippen LogP contribution < -0.4 is 10.1 Å². The summed E-state index contributed by atoms with van der Waals surface area (Å²) in [6, 6.07) is 9.24. The summed E-state index contributed by atoms with van der Waals surface area (Å²) in [7, 11) is 0. The number of hydrogen-bond donors (Lipinski definition) is 1. The zero-order valence-electron chi connectivity index (χ0n) is 12.5. The molecule has 2 aromatic carbocycles. The Balaban J connectivity index is 1.77. The molecule has 2 aromatic rings. The predicted octanol–water partition coefficient (Wildman–Crippen LogP) is 5.24. The molecule has 0 heterocycles. The molecule has 0 aliphatic carbocycles. The summed E-state index contributed by atoms with van der Waals surface area (Å²) in [6.45, 7) is 2.15. The van der Waals surface area contributed by atoms with Crippen molar-refractivity contribution in [3.05, 3.63) is 57.8 Å². The van der Waals surface area contributed by atoms with Crippen LogP contribution in [0.4, 0.5) is 10.1 Å². The first kappa shape index (κ1) is 17.6. The topological polar surface area (TPSA) is 38.3 Å². The van der Waals surface area contributed by atoms with Gasteiger partial charge in [-0.25, -0.2) is 4.39 Å². The number of benzene rings is 2. The molecule has 1 amide bonds. The van der Waals surface area contributed by atoms with E-state index >= 15 is 0 Å². The molecule has 0 aromatic heterocycles. The Hall–Kier alpha value is -1.78. The lowest BCUT2D eigenvalue weighted by molar-refractivity contribution is -0.116. The van der Waals surface area contributed by atoms with Crippen molar-refractivity contribution < 1.29 is 13.9 Å². The van der Waals surface area contributed by atoms with E-state index in [2.05, 4.69) is 5.32 Å². The number of carbonyl (C=O) groups is 1. The molecule has 0 aliphatic heterocycles. The van der Waals surface area contributed by atoms with Crippen LogP contribution >= 0.6 is 23.2 Å². The number of amides is 1. The zero-order valence-corrected chi connectivity index (χ0v) is 14.0. The Morgan fingerprint density at radius 1 is 1.22 bits per heavy atom. The molecule has 2 rings (SSSR count). The molecule has 3 nitrogen and oxygen atoms in total. The fraction of sp³-hybridized carbons (Fsp3) is 0.235. The smallest absolute Gasteiger partial charge is 0.224 e. The summed E-state index contributed by atoms with van der Waals surface area (Å²) in [6.07, 6.45) is 0.778. The second-order valence-corrected chi connectivity index (χ2v) is 5.88. The maximum Gasteiger partial charge on any atom is 0.224 e. The molecule has 0 bridgehead atoms. The van der Waals surface area contributed by atoms with Gasteiger partial charge in [0.05, 0.1) is 11.6 Å². The Morgan fingerprint density at radius 3 is 2.74 bits per heavy atom. The van der Waals surface area contributed by atoms with Gasteiger partial charge in [0.25, 0.3) is 0 Å². The van der Waals surface area contributed by atoms with Crippen LogP contribution in [0.5, 0.6) is 5.75 Å². The van der Waals surface area contributed by atoms with Crippen molar-refractivity contribution in [2.45, 2.75) is 19.8 Å². The zero-order chi connectivity index (χ0) is 16.8. The molecule has 0 radical (unpaired) electrons. The summed E-state index contributed by atoms with van der Waals surface area (Å²) >= 11 is 11.8. The minimum atomic E-state index is -0.383. The summed E-state index contributed by atoms with van der Waals surface area (Å²) in [4.78, 5) is 11.9. The largest absolute Gasteiger partial charge is 0.492 e. The van der Waals surface area contributed by atoms with Crippen molar-refractivity contribution in [1.29, 1.82) is 0 Å². The van der Waals surface area contributed by atoms with Crippen LogP contribution in [0.15, 0.2) is 36.4 Å². The highest BCUT2D eigenvalue weighted by molar-refractivity contribution is 6.35. The van der Waals surface area contributed by atoms with Crippen molar-refractivity contribution >= 4 is 34.8 Å². The van der Waals surface area contributed by atoms with Crippen molar-refractivity contribution in [2.75, 3.05) is 11.9 Å². The lowest BCUT2D eigenvalue weighted by Crippen LogP contribution is -2.13. The van der Waals surface area contributed by atoms with E-state index in [0.717, 1.165) is 5.56 Å². The van der Waals surface area contributed by atoms with Crippen LogP contribution in [-0.2, 0) is 4.79 Å². The second kappa shape index (κ2) is 8.18. The van der Waals surface area contributed by atoms with Crippen LogP contribution in [0, 0.1) is 12.7 Å². The number of hydrogen-bond acceptors (Lipinski definition) is 2. The van der Waals surface area contributed by atoms with Gasteiger partial charge in [0.1, 0.15) is 11.6 Å². The van der Waals surface area contributed by atoms with Crippen molar-refractivity contribution in [1.82, 2.24) is 0 Å². The third-order valence-electron chi connectivity index (χ3n) is 3.17. The summed E-state index contributed by atoms with van der Waals surface area (Å²) in [5, 5.41) is 3.65. The average molecular weight is 356 g/mol. The van der Waals surface area contributed by atoms with E-state index in [4.69, 9.17) is 27.9 Å². The van der Waals surface area contributed by atoms with E-state index in [-0.39, 0.29) is 18.1 Å². The summed E-state index contributed by atoms with van der Waals surface area (Å²) in [5.41, 5.74) is 1.29. The molecule has 0 atom stereocenters. The van der Waals surface area contributed by atoms with E-state index in [1.54, 1.807) is 31.2 Å². The van der Waals surface area contributed by atoms with Crippen LogP contribution in [0.25, 0.3) is 0 Å². The highest BCUT2D eigenvalue weighted by Gasteiger charge is 2.07. The van der Waals surface area contributed by atoms with E-state index < -0.39 is 0 Å². The minimum absolute atomic E-state index is 0.190. The Kier molecular flexibility index (Phi) is 6.25. The van der Waals surface area contributed by atoms with Crippen LogP contribution in [0.2, 0.25) is 10.0 Å². The van der Waals surface area contributed by atoms with Crippen LogP contribution in [0.1, 0.15) is 18.4 Å². The quantitative estimate of drug-likeness (QED) is 0.719. The van der Waals surface area contributed by atoms with Crippen LogP contribution in [-0.4, -0.2) is 12.5 Å². The van der Waals surface area contributed by atoms with E-state index in [9.17, 15) is 9.18 Å². The lowest BCUT2D eigenvalue weighted by atomic mass is 10.2. The molecule has 122 valence electrons. The number of ether oxygens (including phenoxy) is 1. The lowest BCUT2D eigenvalue weighted by Gasteiger charge is -2.10. The third-order valence-corrected chi connectivity index (χ3v) is 3.70. The van der Waals surface area contributed by atoms with Crippen molar-refractivity contribution in [3.63, 3.8) is 0 Å². The van der Waals surface area contributed by atoms with Gasteiger partial charge in [-0.15, -0.1) is 0 Å². The normalized spacial score (nSPS) is 10.4. The number of anilines is 1. The van der Waals surface area contributed by atoms with Gasteiger partial charge in [-0.2, -0.15) is 0 Å². The fourth-order valence-electron chi connectivity index (χ4n) is 1.95. The first-order valence-corrected chi connectivity index (χ1v) is 7.85. The Labute approximate surface area is 144 Å². The molecule has 0 aliphatic rings. The summed E-state index contributed by atoms with van der Waals surface area (Å²) in [5.74, 6) is -0.0476. The molecule has 0 saturated heterocycles. The van der Waals surface area contributed by atoms with Gasteiger partial charge in [0, 0.05) is 17.1 Å². The fourth-order valence-corrected chi connectivity index (χ4v) is 2.41. The molecule has 0 unspecified atom stereocenters. The molecule has 6 heteroatoms. The van der Waals surface area contributed by atoms with Gasteiger partial charge >= 0.3 is 0 Å². The second-order valence-electron chi connectivity index (χ2n) is 5.03. The standard InChI is InChI=1S/C17H16Cl2FNO2/c1-11-4-6-13(20)10-15(11)21-17(22)3-2-8-23-16-7-5-12(18)9-14(16)19/h4-7,9-10H,2-3,8H2,1H3,(H,21,22). The highest BCUT2D eigenvalue weighted by Crippen LogP contribution is 2.27. The number of halogens is 3. The number of nitrogens with one attached hydrogen (secondary N) is 1. The van der Waals surface area contributed by atoms with Crippen LogP contribution in [0.3, 0.4) is 0 Å². The Morgan fingerprint density at radius 2 is 2.00 bits per heavy atom. The monoisotopic (exact) mass is 355 g/mol. The molecule has 0 spiro atoms. The van der Waals surface area contributed by atoms with Gasteiger partial charge in [-0.05, 0) is 49.2 Å². The molecule has 23 heavy (non-hydrogen) atoms. The molecule has 1 N–H and O–H groups in total. The van der Waals surface area contributed by atoms with Crippen molar-refractivity contribution in [2.24, 2.45) is 0 Å². The Bertz CT molecular complexity index is 707. The van der Waals surface area contributed by atoms with E-state index in [1.807, 2.05) is 0 Å². The van der Waals surface area contributed by atoms with Gasteiger partial charge in [-0.3, -0.25) is 4.79 Å². The maximum atomic E-state index is 13.2. The van der Waals surface area contributed by atoms with Gasteiger partial charge in [0.2, 0.25) is 5.91 Å². The molecular formula is C17H16Cl2FNO2. The number of aryl methyl sites for hydroxylation is 1. The highest BCUT2D eigenvalue weighted by atomic mass is 35.5. The third kappa shape index (κ3) is 5.41. The average Bonchev–Trinajstić information content (AvgIpc) is 2.49. The first-order chi connectivity index (χ1) is 11.0. The number of rotatable bonds is 6. The molecule has 0 fully saturated rings. The predicted molar refractivity (Wildman–Crippen MR) is 91.0 cm³/mol. The maximum absolute atomic E-state index is 13.2. The van der Waals surface area contributed by atoms with E-state index in [1.165, 1.54) is 12.1 Å². The minimum Gasteiger partial charge on any atom is -0.492 e. The van der Waals surface area contributed by atoms with Crippen molar-refractivity contribution in [3.8, 4) is 5.75 Å². The van der Waals surface area contributed by atoms with Gasteiger partial charge in [0.15, 0.2) is 0 Å². The molecular weight excluding hydrogens is 340 g/mol. The SMILES string of the molecule is Cc1ccc(F)cc1NC(=O)CCCOc1ccc(Cl)cc1Cl. The number of carbonyl (C=O) groups excluding carboxylic acids is 1. The molecule has 0 saturated carbocycles. The van der Waals surface area contributed by atoms with E-state index in [0.29, 0.717) is 34.5 Å².